The molecule has 30 nitrogen and oxygen atoms in total. The molecule has 0 aliphatic carbocycles. The molecule has 17 N–H and O–H groups in total. The van der Waals surface area contributed by atoms with Gasteiger partial charge in [-0.05, 0) is 86.8 Å². The van der Waals surface area contributed by atoms with E-state index in [1.165, 1.54) is 36.5 Å². The van der Waals surface area contributed by atoms with Gasteiger partial charge in [0.25, 0.3) is 17.1 Å². The summed E-state index contributed by atoms with van der Waals surface area (Å²) in [5.41, 5.74) is 7.12. The SMILES string of the molecule is COCCCCCCCOc1ccc(-c2nnc(-c3ccc(C(=O)NC4C[C@@H](O)CNC(=O)[C@@H]5[C@@H](O)[C@@H](C)CN5C(=O)[C@H]([C@H](O)CCN)NC(=O)[C@H]([C@H](O)Cc5ccc(O)c(OS(O)(O)O)c5)NC(=O)[C@@H]5C[C@@H](O)CN5C(=O)[C@H]([C@@H](C)O)NC4=O)cc3)s2)cc1. The number of ether oxygens (including phenoxy) is 2. The van der Waals surface area contributed by atoms with E-state index in [0.29, 0.717) is 27.9 Å². The molecule has 0 spiro atoms. The number of carbonyl (C=O) groups excluding carboxylic acids is 7. The molecular formula is C58H80N10O20S2. The number of hydrogen-bond acceptors (Lipinski definition) is 24. The van der Waals surface area contributed by atoms with Gasteiger partial charge in [-0.2, -0.15) is 0 Å². The van der Waals surface area contributed by atoms with Crippen LogP contribution in [0.1, 0.15) is 81.1 Å². The largest absolute Gasteiger partial charge is 0.504 e. The van der Waals surface area contributed by atoms with Crippen molar-refractivity contribution in [1.82, 2.24) is 46.6 Å². The average molecular weight is 1300 g/mol. The van der Waals surface area contributed by atoms with Gasteiger partial charge in [0.2, 0.25) is 35.4 Å². The Labute approximate surface area is 523 Å². The summed E-state index contributed by atoms with van der Waals surface area (Å²) in [6.07, 6.45) is -7.42. The molecule has 32 heteroatoms. The van der Waals surface area contributed by atoms with E-state index in [1.54, 1.807) is 19.2 Å². The van der Waals surface area contributed by atoms with Gasteiger partial charge in [-0.3, -0.25) is 47.2 Å². The number of nitrogens with two attached hydrogens (primary N) is 1. The number of benzene rings is 3. The van der Waals surface area contributed by atoms with Gasteiger partial charge >= 0.3 is 0 Å². The van der Waals surface area contributed by atoms with Crippen LogP contribution in [0.3, 0.4) is 0 Å². The number of aliphatic hydroxyl groups excluding tert-OH is 6. The molecule has 3 fully saturated rings. The van der Waals surface area contributed by atoms with Gasteiger partial charge in [0.15, 0.2) is 11.5 Å². The Kier molecular flexibility index (Phi) is 25.1. The fourth-order valence-electron chi connectivity index (χ4n) is 10.7. The first-order valence-electron chi connectivity index (χ1n) is 29.3. The number of methoxy groups -OCH3 is 1. The maximum atomic E-state index is 14.7. The monoisotopic (exact) mass is 1300 g/mol. The van der Waals surface area contributed by atoms with E-state index in [2.05, 4.69) is 41.0 Å². The number of phenols is 1. The molecule has 90 heavy (non-hydrogen) atoms. The van der Waals surface area contributed by atoms with Gasteiger partial charge in [-0.1, -0.05) is 55.7 Å². The Bertz CT molecular complexity index is 3100. The van der Waals surface area contributed by atoms with Crippen molar-refractivity contribution in [3.8, 4) is 38.4 Å². The second-order valence-corrected chi connectivity index (χ2v) is 24.6. The molecule has 4 heterocycles. The zero-order valence-electron chi connectivity index (χ0n) is 49.7. The van der Waals surface area contributed by atoms with Gasteiger partial charge in [-0.15, -0.1) is 10.2 Å². The fraction of sp³-hybridized carbons (Fsp3) is 0.534. The molecule has 3 saturated heterocycles. The van der Waals surface area contributed by atoms with Crippen molar-refractivity contribution in [2.24, 2.45) is 11.7 Å². The smallest absolute Gasteiger partial charge is 0.266 e. The number of phenolic OH excluding ortho intramolecular Hbond substituents is 1. The third-order valence-corrected chi connectivity index (χ3v) is 17.0. The quantitative estimate of drug-likeness (QED) is 0.0436. The van der Waals surface area contributed by atoms with E-state index in [-0.39, 0.29) is 30.6 Å². The third-order valence-electron chi connectivity index (χ3n) is 15.6. The fourth-order valence-corrected chi connectivity index (χ4v) is 11.9. The summed E-state index contributed by atoms with van der Waals surface area (Å²) >= 11 is -3.42. The Morgan fingerprint density at radius 2 is 1.36 bits per heavy atom. The topological polar surface area (TPSA) is 468 Å². The minimum Gasteiger partial charge on any atom is -0.504 e. The predicted molar refractivity (Wildman–Crippen MR) is 324 cm³/mol. The van der Waals surface area contributed by atoms with Crippen molar-refractivity contribution in [2.45, 2.75) is 145 Å². The molecule has 1 aromatic heterocycles. The number of unbranched alkanes of at least 4 members (excludes halogenated alkanes) is 4. The molecule has 13 atom stereocenters. The standard InChI is InChI=1S/C58H80N10O20S2/c1-30-28-68-48(49(30)75)54(80)60-27-36(70)25-39(61-50(76)33-10-12-34(13-11-33)55-65-66-56(89-55)35-14-16-38(17-15-35)87-22-8-6-4-5-7-21-86-3)51(77)62-45(31(2)69)57(81)67-29-37(71)26-40(67)52(78)63-46(53(79)64-47(58(68)82)42(73)19-20-59)43(74)23-32-9-18-41(72)44(24-32)88-90(83,84)85/h9-18,24,30-31,36-37,39-40,42-43,45-49,69-75,83-85H,4-8,19-23,25-29,59H2,1-3H3,(H,60,80)(H,61,76)(H,62,77)(H,63,78)(H,64,79)/t30-,31+,36+,37+,39?,40-,42+,43+,45-,46-,47-,48-,49-/m0/s1. The van der Waals surface area contributed by atoms with E-state index in [0.717, 1.165) is 73.1 Å². The highest BCUT2D eigenvalue weighted by molar-refractivity contribution is 8.15. The van der Waals surface area contributed by atoms with Crippen molar-refractivity contribution in [1.29, 1.82) is 0 Å². The van der Waals surface area contributed by atoms with Crippen molar-refractivity contribution in [2.75, 3.05) is 46.5 Å². The number of aromatic nitrogens is 2. The molecule has 7 amide bonds. The van der Waals surface area contributed by atoms with E-state index in [1.807, 2.05) is 24.3 Å². The lowest BCUT2D eigenvalue weighted by atomic mass is 9.98. The highest BCUT2D eigenvalue weighted by atomic mass is 32.3. The molecule has 0 bridgehead atoms. The summed E-state index contributed by atoms with van der Waals surface area (Å²) in [7, 11) is 1.69. The van der Waals surface area contributed by atoms with E-state index in [9.17, 15) is 83.0 Å². The first-order valence-corrected chi connectivity index (χ1v) is 31.6. The van der Waals surface area contributed by atoms with Crippen molar-refractivity contribution < 1.29 is 96.6 Å². The zero-order chi connectivity index (χ0) is 65.6. The van der Waals surface area contributed by atoms with Crippen molar-refractivity contribution >= 4 is 63.8 Å². The number of amides is 7. The maximum Gasteiger partial charge on any atom is 0.266 e. The minimum atomic E-state index is -4.71. The summed E-state index contributed by atoms with van der Waals surface area (Å²) in [6, 6.07) is 5.24. The molecule has 3 aromatic carbocycles. The first kappa shape index (κ1) is 70.3. The number of rotatable bonds is 22. The van der Waals surface area contributed by atoms with Crippen LogP contribution in [0.25, 0.3) is 21.1 Å². The number of aromatic hydroxyl groups is 1. The van der Waals surface area contributed by atoms with Gasteiger partial charge in [0, 0.05) is 75.2 Å². The molecule has 1 unspecified atom stereocenters. The molecule has 7 rings (SSSR count). The van der Waals surface area contributed by atoms with Gasteiger partial charge in [0.05, 0.1) is 43.2 Å². The van der Waals surface area contributed by atoms with E-state index >= 15 is 0 Å². The van der Waals surface area contributed by atoms with E-state index in [4.69, 9.17) is 15.2 Å². The number of carbonyl (C=O) groups is 7. The van der Waals surface area contributed by atoms with Crippen molar-refractivity contribution in [3.05, 3.63) is 77.9 Å². The molecule has 0 saturated carbocycles. The molecule has 4 aromatic rings. The van der Waals surface area contributed by atoms with Gasteiger partial charge in [-0.25, -0.2) is 0 Å². The molecular weight excluding hydrogens is 1220 g/mol. The van der Waals surface area contributed by atoms with Crippen LogP contribution in [0.2, 0.25) is 0 Å². The minimum absolute atomic E-state index is 0.00967. The van der Waals surface area contributed by atoms with Crippen molar-refractivity contribution in [3.63, 3.8) is 0 Å². The van der Waals surface area contributed by atoms with E-state index < -0.39 is 175 Å². The third kappa shape index (κ3) is 18.7. The second kappa shape index (κ2) is 32.2. The lowest BCUT2D eigenvalue weighted by Crippen LogP contribution is -2.64. The highest BCUT2D eigenvalue weighted by Gasteiger charge is 2.50. The van der Waals surface area contributed by atoms with Gasteiger partial charge in [0.1, 0.15) is 52.0 Å². The first-order chi connectivity index (χ1) is 42.8. The Hall–Kier alpha value is -7.18. The molecule has 0 radical (unpaired) electrons. The summed E-state index contributed by atoms with van der Waals surface area (Å²) in [4.78, 5) is 103. The lowest BCUT2D eigenvalue weighted by Gasteiger charge is -2.34. The molecule has 3 aliphatic rings. The predicted octanol–water partition coefficient (Wildman–Crippen LogP) is -0.632. The summed E-state index contributed by atoms with van der Waals surface area (Å²) in [6.45, 7) is 2.07. The van der Waals surface area contributed by atoms with Crippen LogP contribution in [0, 0.1) is 5.92 Å². The Morgan fingerprint density at radius 3 is 1.99 bits per heavy atom. The number of nitrogens with one attached hydrogen (secondary N) is 5. The lowest BCUT2D eigenvalue weighted by molar-refractivity contribution is -0.147. The average Bonchev–Trinajstić information content (AvgIpc) is 1.67. The summed E-state index contributed by atoms with van der Waals surface area (Å²) < 4.78 is 44.2. The Morgan fingerprint density at radius 1 is 0.744 bits per heavy atom. The Balaban J connectivity index is 1.15. The highest BCUT2D eigenvalue weighted by Crippen LogP contribution is 2.41. The van der Waals surface area contributed by atoms with Crippen LogP contribution in [-0.2, 0) is 39.9 Å². The van der Waals surface area contributed by atoms with Crippen LogP contribution in [0.15, 0.2) is 66.7 Å². The number of hydrogen-bond donors (Lipinski definition) is 16. The summed E-state index contributed by atoms with van der Waals surface area (Å²) in [5.74, 6) is -9.49. The van der Waals surface area contributed by atoms with Crippen LogP contribution < -0.4 is 41.2 Å². The zero-order valence-corrected chi connectivity index (χ0v) is 51.3. The number of fused-ring (bicyclic) bond motifs is 2. The summed E-state index contributed by atoms with van der Waals surface area (Å²) in [5, 5.41) is 100. The number of aliphatic hydroxyl groups is 6. The molecule has 494 valence electrons. The molecule has 3 aliphatic heterocycles. The van der Waals surface area contributed by atoms with Gasteiger partial charge < -0.3 is 91.5 Å². The maximum absolute atomic E-state index is 14.7. The van der Waals surface area contributed by atoms with Crippen LogP contribution >= 0.6 is 22.5 Å². The van der Waals surface area contributed by atoms with Crippen LogP contribution in [0.4, 0.5) is 0 Å². The van der Waals surface area contributed by atoms with Crippen LogP contribution in [0.5, 0.6) is 17.2 Å². The number of β-amino-alcohol motifs (C(OH)–C–C–N with tert-alkyl or cyclic N) is 1. The van der Waals surface area contributed by atoms with Crippen LogP contribution in [-0.4, -0.2) is 230 Å². The second-order valence-electron chi connectivity index (χ2n) is 22.6. The number of nitrogens with zero attached hydrogens (tertiary/aromatic N) is 4. The normalized spacial score (nSPS) is 25.3.